The van der Waals surface area contributed by atoms with Crippen LogP contribution in [-0.2, 0) is 11.2 Å². The van der Waals surface area contributed by atoms with Crippen LogP contribution in [0.1, 0.15) is 42.1 Å². The molecule has 4 N–H and O–H groups in total. The molecule has 1 aromatic carbocycles. The summed E-state index contributed by atoms with van der Waals surface area (Å²) in [4.78, 5) is 15.0. The lowest BCUT2D eigenvalue weighted by Gasteiger charge is -2.27. The summed E-state index contributed by atoms with van der Waals surface area (Å²) >= 11 is 0. The van der Waals surface area contributed by atoms with Crippen molar-refractivity contribution in [1.82, 2.24) is 15.8 Å². The molecule has 2 aromatic rings. The average molecular weight is 363 g/mol. The van der Waals surface area contributed by atoms with Crippen molar-refractivity contribution in [3.63, 3.8) is 0 Å². The number of carbonyl (C=O) groups is 1. The number of nitrogens with zero attached hydrogens (tertiary/aromatic N) is 3. The number of amides is 1. The molecule has 0 spiro atoms. The van der Waals surface area contributed by atoms with Crippen LogP contribution >= 0.6 is 0 Å². The zero-order chi connectivity index (χ0) is 18.5. The lowest BCUT2D eigenvalue weighted by atomic mass is 9.83. The summed E-state index contributed by atoms with van der Waals surface area (Å²) < 4.78 is 23.5. The van der Waals surface area contributed by atoms with Crippen LogP contribution in [-0.4, -0.2) is 33.9 Å². The molecule has 26 heavy (non-hydrogen) atoms. The number of rotatable bonds is 8. The highest BCUT2D eigenvalue weighted by Gasteiger charge is 2.28. The molecule has 0 radical (unpaired) electrons. The van der Waals surface area contributed by atoms with E-state index in [1.54, 1.807) is 6.07 Å². The highest BCUT2D eigenvalue weighted by Crippen LogP contribution is 2.37. The molecule has 0 saturated heterocycles. The van der Waals surface area contributed by atoms with Gasteiger partial charge in [-0.05, 0) is 52.8 Å². The van der Waals surface area contributed by atoms with Gasteiger partial charge in [-0.3, -0.25) is 20.5 Å². The maximum atomic E-state index is 13.4. The summed E-state index contributed by atoms with van der Waals surface area (Å²) in [7, 11) is 0. The van der Waals surface area contributed by atoms with Gasteiger partial charge in [-0.2, -0.15) is 0 Å². The monoisotopic (exact) mass is 363 g/mol. The predicted molar refractivity (Wildman–Crippen MR) is 87.1 cm³/mol. The number of benzene rings is 1. The Morgan fingerprint density at radius 3 is 3.08 bits per heavy atom. The Kier molecular flexibility index (Phi) is 5.42. The number of primary amides is 1. The molecular formula is C16H18FN5O4. The lowest BCUT2D eigenvalue weighted by Crippen LogP contribution is -2.25. The number of nitrogens with two attached hydrogens (primary N) is 1. The first-order valence-electron chi connectivity index (χ1n) is 8.08. The van der Waals surface area contributed by atoms with Gasteiger partial charge in [0, 0.05) is 6.42 Å². The molecule has 1 aliphatic rings. The molecule has 0 bridgehead atoms. The van der Waals surface area contributed by atoms with Crippen LogP contribution in [0.2, 0.25) is 0 Å². The van der Waals surface area contributed by atoms with Crippen molar-refractivity contribution in [3.8, 4) is 5.88 Å². The topological polar surface area (TPSA) is 136 Å². The van der Waals surface area contributed by atoms with E-state index in [9.17, 15) is 14.4 Å². The summed E-state index contributed by atoms with van der Waals surface area (Å²) in [5.41, 5.74) is 8.88. The predicted octanol–water partition coefficient (Wildman–Crippen LogP) is 1.27. The van der Waals surface area contributed by atoms with Crippen LogP contribution in [0.4, 0.5) is 4.39 Å². The number of carbonyl (C=O) groups excluding carboxylic acids is 1. The van der Waals surface area contributed by atoms with E-state index < -0.39 is 0 Å². The summed E-state index contributed by atoms with van der Waals surface area (Å²) in [6, 6.07) is 4.21. The van der Waals surface area contributed by atoms with Crippen molar-refractivity contribution < 1.29 is 23.8 Å². The van der Waals surface area contributed by atoms with Gasteiger partial charge in [0.2, 0.25) is 11.6 Å². The second kappa shape index (κ2) is 7.91. The number of ether oxygens (including phenoxy) is 1. The van der Waals surface area contributed by atoms with Crippen molar-refractivity contribution in [3.05, 3.63) is 40.8 Å². The number of nitrogens with one attached hydrogen (secondary N) is 1. The zero-order valence-corrected chi connectivity index (χ0v) is 13.8. The van der Waals surface area contributed by atoms with Gasteiger partial charge in [0.1, 0.15) is 5.82 Å². The third-order valence-electron chi connectivity index (χ3n) is 4.01. The van der Waals surface area contributed by atoms with Crippen LogP contribution in [0.15, 0.2) is 27.8 Å². The molecule has 1 heterocycles. The number of amidine groups is 1. The second-order valence-electron chi connectivity index (χ2n) is 5.84. The minimum Gasteiger partial charge on any atom is -0.474 e. The van der Waals surface area contributed by atoms with E-state index in [-0.39, 0.29) is 48.2 Å². The highest BCUT2D eigenvalue weighted by atomic mass is 19.1. The average Bonchev–Trinajstić information content (AvgIpc) is 3.05. The van der Waals surface area contributed by atoms with E-state index in [4.69, 9.17) is 10.5 Å². The van der Waals surface area contributed by atoms with Crippen LogP contribution in [0.3, 0.4) is 0 Å². The Labute approximate surface area is 148 Å². The number of halogens is 1. The minimum atomic E-state index is -0.370. The van der Waals surface area contributed by atoms with Crippen molar-refractivity contribution in [2.45, 2.75) is 31.7 Å². The molecule has 1 atom stereocenters. The minimum absolute atomic E-state index is 0.0123. The lowest BCUT2D eigenvalue weighted by molar-refractivity contribution is -0.118. The molecule has 1 aliphatic carbocycles. The van der Waals surface area contributed by atoms with Crippen molar-refractivity contribution in [2.24, 2.45) is 10.7 Å². The first-order chi connectivity index (χ1) is 12.6. The standard InChI is InChI=1S/C16H18FN5O4/c17-10-5-4-9-7-12(11(9)8-10)19-15(20-24)14-16(22-26-21-14)25-6-2-1-3-13(18)23/h4-5,8,12,24H,1-3,6-7H2,(H2,18,23)(H,19,20)/t12-/m0/s1. The number of hydrogen-bond acceptors (Lipinski definition) is 7. The first-order valence-corrected chi connectivity index (χ1v) is 8.08. The Bertz CT molecular complexity index is 823. The fourth-order valence-corrected chi connectivity index (χ4v) is 2.65. The number of hydroxylamine groups is 1. The third-order valence-corrected chi connectivity index (χ3v) is 4.01. The Morgan fingerprint density at radius 2 is 2.31 bits per heavy atom. The number of hydrogen-bond donors (Lipinski definition) is 3. The fraction of sp³-hybridized carbons (Fsp3) is 0.375. The molecule has 3 rings (SSSR count). The molecule has 0 aliphatic heterocycles. The molecular weight excluding hydrogens is 345 g/mol. The SMILES string of the molecule is NC(=O)CCCCOc1nonc1C(=N[C@H]1Cc2ccc(F)cc21)NO. The van der Waals surface area contributed by atoms with E-state index in [0.29, 0.717) is 19.3 Å². The molecule has 9 nitrogen and oxygen atoms in total. The van der Waals surface area contributed by atoms with Gasteiger partial charge in [-0.25, -0.2) is 9.02 Å². The van der Waals surface area contributed by atoms with Gasteiger partial charge in [-0.15, -0.1) is 0 Å². The van der Waals surface area contributed by atoms with E-state index in [0.717, 1.165) is 11.1 Å². The Hall–Kier alpha value is -3.01. The number of aliphatic imine (C=N–C) groups is 1. The molecule has 1 amide bonds. The number of aromatic nitrogens is 2. The van der Waals surface area contributed by atoms with E-state index in [1.807, 2.05) is 5.48 Å². The zero-order valence-electron chi connectivity index (χ0n) is 13.8. The van der Waals surface area contributed by atoms with E-state index >= 15 is 0 Å². The van der Waals surface area contributed by atoms with Crippen LogP contribution in [0, 0.1) is 5.82 Å². The van der Waals surface area contributed by atoms with Crippen LogP contribution in [0.25, 0.3) is 0 Å². The summed E-state index contributed by atoms with van der Waals surface area (Å²) in [6.07, 6.45) is 2.06. The molecule has 10 heteroatoms. The second-order valence-corrected chi connectivity index (χ2v) is 5.84. The fourth-order valence-electron chi connectivity index (χ4n) is 2.65. The van der Waals surface area contributed by atoms with Gasteiger partial charge in [0.15, 0.2) is 5.84 Å². The third kappa shape index (κ3) is 3.97. The van der Waals surface area contributed by atoms with Gasteiger partial charge in [0.25, 0.3) is 5.88 Å². The number of unbranched alkanes of at least 4 members (excludes halogenated alkanes) is 1. The van der Waals surface area contributed by atoms with Crippen LogP contribution in [0.5, 0.6) is 5.88 Å². The summed E-state index contributed by atoms with van der Waals surface area (Å²) in [5.74, 6) is -0.642. The van der Waals surface area contributed by atoms with E-state index in [1.165, 1.54) is 12.1 Å². The van der Waals surface area contributed by atoms with Gasteiger partial charge >= 0.3 is 0 Å². The maximum Gasteiger partial charge on any atom is 0.287 e. The van der Waals surface area contributed by atoms with Gasteiger partial charge in [0.05, 0.1) is 12.6 Å². The van der Waals surface area contributed by atoms with Crippen molar-refractivity contribution >= 4 is 11.7 Å². The van der Waals surface area contributed by atoms with Gasteiger partial charge < -0.3 is 10.5 Å². The summed E-state index contributed by atoms with van der Waals surface area (Å²) in [6.45, 7) is 0.269. The smallest absolute Gasteiger partial charge is 0.287 e. The van der Waals surface area contributed by atoms with E-state index in [2.05, 4.69) is 19.9 Å². The maximum absolute atomic E-state index is 13.4. The molecule has 0 unspecified atom stereocenters. The van der Waals surface area contributed by atoms with Gasteiger partial charge in [-0.1, -0.05) is 6.07 Å². The van der Waals surface area contributed by atoms with Crippen LogP contribution < -0.4 is 16.0 Å². The first kappa shape index (κ1) is 17.8. The Balaban J connectivity index is 1.66. The summed E-state index contributed by atoms with van der Waals surface area (Å²) in [5, 5.41) is 16.7. The van der Waals surface area contributed by atoms with Crippen molar-refractivity contribution in [1.29, 1.82) is 0 Å². The molecule has 1 aromatic heterocycles. The molecule has 0 fully saturated rings. The highest BCUT2D eigenvalue weighted by molar-refractivity contribution is 5.98. The Morgan fingerprint density at radius 1 is 1.46 bits per heavy atom. The number of fused-ring (bicyclic) bond motifs is 1. The van der Waals surface area contributed by atoms with Crippen molar-refractivity contribution in [2.75, 3.05) is 6.61 Å². The molecule has 0 saturated carbocycles. The molecule has 138 valence electrons. The normalized spacial score (nSPS) is 15.9. The quantitative estimate of drug-likeness (QED) is 0.278. The largest absolute Gasteiger partial charge is 0.474 e.